The Hall–Kier alpha value is -1.13. The van der Waals surface area contributed by atoms with Gasteiger partial charge in [-0.25, -0.2) is 4.39 Å². The van der Waals surface area contributed by atoms with Crippen LogP contribution in [0.3, 0.4) is 0 Å². The molecule has 0 saturated carbocycles. The van der Waals surface area contributed by atoms with Gasteiger partial charge in [-0.2, -0.15) is 0 Å². The van der Waals surface area contributed by atoms with E-state index in [1.165, 1.54) is 13.2 Å². The predicted molar refractivity (Wildman–Crippen MR) is 65.7 cm³/mol. The van der Waals surface area contributed by atoms with E-state index in [0.29, 0.717) is 11.3 Å². The number of ether oxygens (including phenoxy) is 1. The van der Waals surface area contributed by atoms with E-state index in [2.05, 4.69) is 5.32 Å². The highest BCUT2D eigenvalue weighted by molar-refractivity contribution is 5.36. The number of rotatable bonds is 6. The quantitative estimate of drug-likeness (QED) is 0.802. The Bertz CT molecular complexity index is 353. The first-order chi connectivity index (χ1) is 8.13. The van der Waals surface area contributed by atoms with E-state index >= 15 is 0 Å². The van der Waals surface area contributed by atoms with Gasteiger partial charge in [0.25, 0.3) is 0 Å². The Morgan fingerprint density at radius 2 is 2.18 bits per heavy atom. The van der Waals surface area contributed by atoms with Crippen molar-refractivity contribution in [3.63, 3.8) is 0 Å². The van der Waals surface area contributed by atoms with Gasteiger partial charge in [-0.1, -0.05) is 13.0 Å². The third-order valence-electron chi connectivity index (χ3n) is 2.86. The summed E-state index contributed by atoms with van der Waals surface area (Å²) in [5.41, 5.74) is 0.502. The van der Waals surface area contributed by atoms with Crippen LogP contribution in [0, 0.1) is 5.82 Å². The van der Waals surface area contributed by atoms with E-state index in [1.807, 2.05) is 13.8 Å². The smallest absolute Gasteiger partial charge is 0.131 e. The molecule has 1 aromatic carbocycles. The number of nitrogens with one attached hydrogen (secondary N) is 1. The second kappa shape index (κ2) is 6.57. The molecule has 4 heteroatoms. The van der Waals surface area contributed by atoms with Crippen LogP contribution in [0.15, 0.2) is 18.2 Å². The van der Waals surface area contributed by atoms with Crippen molar-refractivity contribution in [1.82, 2.24) is 5.32 Å². The molecule has 0 bridgehead atoms. The van der Waals surface area contributed by atoms with Crippen LogP contribution in [-0.2, 0) is 0 Å². The van der Waals surface area contributed by atoms with Crippen molar-refractivity contribution >= 4 is 0 Å². The SMILES string of the molecule is CCC(CO)NC(C)c1c(F)cccc1OC. The van der Waals surface area contributed by atoms with Crippen LogP contribution in [0.4, 0.5) is 4.39 Å². The molecule has 17 heavy (non-hydrogen) atoms. The van der Waals surface area contributed by atoms with Crippen molar-refractivity contribution in [2.24, 2.45) is 0 Å². The second-order valence-corrected chi connectivity index (χ2v) is 4.03. The van der Waals surface area contributed by atoms with Crippen LogP contribution >= 0.6 is 0 Å². The molecule has 0 radical (unpaired) electrons. The molecule has 3 nitrogen and oxygen atoms in total. The van der Waals surface area contributed by atoms with Gasteiger partial charge in [-0.3, -0.25) is 0 Å². The minimum atomic E-state index is -0.294. The number of hydrogen-bond donors (Lipinski definition) is 2. The molecule has 96 valence electrons. The van der Waals surface area contributed by atoms with Gasteiger partial charge >= 0.3 is 0 Å². The first-order valence-corrected chi connectivity index (χ1v) is 5.83. The fourth-order valence-electron chi connectivity index (χ4n) is 1.85. The Morgan fingerprint density at radius 1 is 1.47 bits per heavy atom. The fourth-order valence-corrected chi connectivity index (χ4v) is 1.85. The lowest BCUT2D eigenvalue weighted by Crippen LogP contribution is -2.34. The van der Waals surface area contributed by atoms with E-state index in [1.54, 1.807) is 12.1 Å². The summed E-state index contributed by atoms with van der Waals surface area (Å²) in [6, 6.07) is 4.53. The largest absolute Gasteiger partial charge is 0.496 e. The van der Waals surface area contributed by atoms with E-state index in [0.717, 1.165) is 6.42 Å². The van der Waals surface area contributed by atoms with Crippen LogP contribution in [0.1, 0.15) is 31.9 Å². The summed E-state index contributed by atoms with van der Waals surface area (Å²) in [7, 11) is 1.52. The van der Waals surface area contributed by atoms with Gasteiger partial charge < -0.3 is 15.2 Å². The van der Waals surface area contributed by atoms with Crippen LogP contribution in [0.25, 0.3) is 0 Å². The zero-order valence-electron chi connectivity index (χ0n) is 10.5. The third kappa shape index (κ3) is 3.41. The first-order valence-electron chi connectivity index (χ1n) is 5.83. The molecule has 2 atom stereocenters. The Kier molecular flexibility index (Phi) is 5.38. The molecule has 0 saturated heterocycles. The van der Waals surface area contributed by atoms with Gasteiger partial charge in [0, 0.05) is 17.6 Å². The van der Waals surface area contributed by atoms with Gasteiger partial charge in [0.1, 0.15) is 11.6 Å². The van der Waals surface area contributed by atoms with E-state index < -0.39 is 0 Å². The van der Waals surface area contributed by atoms with E-state index in [-0.39, 0.29) is 24.5 Å². The molecule has 1 aromatic rings. The molecule has 0 amide bonds. The lowest BCUT2D eigenvalue weighted by molar-refractivity contribution is 0.228. The maximum Gasteiger partial charge on any atom is 0.131 e. The molecule has 1 rings (SSSR count). The lowest BCUT2D eigenvalue weighted by atomic mass is 10.0. The van der Waals surface area contributed by atoms with E-state index in [4.69, 9.17) is 9.84 Å². The van der Waals surface area contributed by atoms with Crippen molar-refractivity contribution < 1.29 is 14.2 Å². The van der Waals surface area contributed by atoms with Gasteiger partial charge in [0.05, 0.1) is 13.7 Å². The number of aliphatic hydroxyl groups excluding tert-OH is 1. The number of aliphatic hydroxyl groups is 1. The van der Waals surface area contributed by atoms with Gasteiger partial charge in [0.15, 0.2) is 0 Å². The number of methoxy groups -OCH3 is 1. The maximum absolute atomic E-state index is 13.8. The van der Waals surface area contributed by atoms with Crippen LogP contribution in [0.2, 0.25) is 0 Å². The Balaban J connectivity index is 2.91. The van der Waals surface area contributed by atoms with Crippen LogP contribution < -0.4 is 10.1 Å². The highest BCUT2D eigenvalue weighted by atomic mass is 19.1. The third-order valence-corrected chi connectivity index (χ3v) is 2.86. The average Bonchev–Trinajstić information content (AvgIpc) is 2.35. The van der Waals surface area contributed by atoms with E-state index in [9.17, 15) is 4.39 Å². The van der Waals surface area contributed by atoms with Gasteiger partial charge in [-0.15, -0.1) is 0 Å². The molecule has 0 spiro atoms. The zero-order valence-corrected chi connectivity index (χ0v) is 10.5. The van der Waals surface area contributed by atoms with Gasteiger partial charge in [0.2, 0.25) is 0 Å². The standard InChI is InChI=1S/C13H20FNO2/c1-4-10(8-16)15-9(2)13-11(14)6-5-7-12(13)17-3/h5-7,9-10,15-16H,4,8H2,1-3H3. The maximum atomic E-state index is 13.8. The van der Waals surface area contributed by atoms with Crippen LogP contribution in [0.5, 0.6) is 5.75 Å². The highest BCUT2D eigenvalue weighted by Crippen LogP contribution is 2.27. The van der Waals surface area contributed by atoms with Crippen molar-refractivity contribution in [2.75, 3.05) is 13.7 Å². The summed E-state index contributed by atoms with van der Waals surface area (Å²) in [5, 5.41) is 12.3. The Morgan fingerprint density at radius 3 is 2.71 bits per heavy atom. The van der Waals surface area contributed by atoms with Crippen molar-refractivity contribution in [3.8, 4) is 5.75 Å². The zero-order chi connectivity index (χ0) is 12.8. The molecule has 2 N–H and O–H groups in total. The van der Waals surface area contributed by atoms with Crippen molar-refractivity contribution in [2.45, 2.75) is 32.4 Å². The first kappa shape index (κ1) is 13.9. The molecular weight excluding hydrogens is 221 g/mol. The minimum Gasteiger partial charge on any atom is -0.496 e. The summed E-state index contributed by atoms with van der Waals surface area (Å²) < 4.78 is 18.9. The van der Waals surface area contributed by atoms with Gasteiger partial charge in [-0.05, 0) is 25.5 Å². The monoisotopic (exact) mass is 241 g/mol. The normalized spacial score (nSPS) is 14.4. The summed E-state index contributed by atoms with van der Waals surface area (Å²) >= 11 is 0. The number of halogens is 1. The molecule has 0 aromatic heterocycles. The van der Waals surface area contributed by atoms with Crippen molar-refractivity contribution in [1.29, 1.82) is 0 Å². The molecule has 0 aliphatic rings. The molecule has 0 heterocycles. The summed E-state index contributed by atoms with van der Waals surface area (Å²) in [6.45, 7) is 3.87. The molecule has 0 aliphatic carbocycles. The molecule has 0 fully saturated rings. The topological polar surface area (TPSA) is 41.5 Å². The molecule has 0 aliphatic heterocycles. The summed E-state index contributed by atoms with van der Waals surface area (Å²) in [5.74, 6) is 0.231. The summed E-state index contributed by atoms with van der Waals surface area (Å²) in [6.07, 6.45) is 0.789. The fraction of sp³-hybridized carbons (Fsp3) is 0.538. The van der Waals surface area contributed by atoms with Crippen LogP contribution in [-0.4, -0.2) is 24.9 Å². The Labute approximate surface area is 102 Å². The second-order valence-electron chi connectivity index (χ2n) is 4.03. The summed E-state index contributed by atoms with van der Waals surface area (Å²) in [4.78, 5) is 0. The van der Waals surface area contributed by atoms with Crippen molar-refractivity contribution in [3.05, 3.63) is 29.6 Å². The molecular formula is C13H20FNO2. The predicted octanol–water partition coefficient (Wildman–Crippen LogP) is 2.26. The molecule has 2 unspecified atom stereocenters. The average molecular weight is 241 g/mol. The minimum absolute atomic E-state index is 0.0330. The lowest BCUT2D eigenvalue weighted by Gasteiger charge is -2.22. The number of benzene rings is 1. The highest BCUT2D eigenvalue weighted by Gasteiger charge is 2.18. The number of hydrogen-bond acceptors (Lipinski definition) is 3.